The third-order valence-electron chi connectivity index (χ3n) is 2.68. The van der Waals surface area contributed by atoms with E-state index in [1.165, 1.54) is 12.4 Å². The van der Waals surface area contributed by atoms with Gasteiger partial charge in [-0.15, -0.1) is 0 Å². The van der Waals surface area contributed by atoms with Gasteiger partial charge in [-0.05, 0) is 20.8 Å². The number of aromatic nitrogens is 3. The van der Waals surface area contributed by atoms with Gasteiger partial charge in [-0.1, -0.05) is 0 Å². The molecule has 7 heteroatoms. The number of nitrogens with zero attached hydrogens (tertiary/aromatic N) is 2. The van der Waals surface area contributed by atoms with E-state index in [2.05, 4.69) is 20.5 Å². The number of halogens is 1. The topological polar surface area (TPSA) is 88.8 Å². The first-order chi connectivity index (χ1) is 9.47. The van der Waals surface area contributed by atoms with Crippen LogP contribution in [-0.2, 0) is 0 Å². The van der Waals surface area contributed by atoms with E-state index in [1.54, 1.807) is 6.07 Å². The summed E-state index contributed by atoms with van der Waals surface area (Å²) >= 11 is 0. The Labute approximate surface area is 116 Å². The lowest BCUT2D eigenvalue weighted by molar-refractivity contribution is 0.231. The van der Waals surface area contributed by atoms with Gasteiger partial charge in [-0.2, -0.15) is 5.10 Å². The molecule has 0 radical (unpaired) electrons. The van der Waals surface area contributed by atoms with Gasteiger partial charge < -0.3 is 15.8 Å². The van der Waals surface area contributed by atoms with E-state index in [0.717, 1.165) is 0 Å². The Morgan fingerprint density at radius 2 is 2.10 bits per heavy atom. The summed E-state index contributed by atoms with van der Waals surface area (Å²) in [6.07, 6.45) is 1.31. The molecule has 0 fully saturated rings. The van der Waals surface area contributed by atoms with E-state index < -0.39 is 5.82 Å². The van der Waals surface area contributed by atoms with E-state index in [9.17, 15) is 4.39 Å². The number of H-pyrrole nitrogens is 1. The van der Waals surface area contributed by atoms with Crippen molar-refractivity contribution in [2.45, 2.75) is 32.9 Å². The Morgan fingerprint density at radius 3 is 2.70 bits per heavy atom. The predicted molar refractivity (Wildman–Crippen MR) is 75.0 cm³/mol. The van der Waals surface area contributed by atoms with Crippen LogP contribution in [0.1, 0.15) is 32.6 Å². The van der Waals surface area contributed by atoms with Gasteiger partial charge in [0.2, 0.25) is 0 Å². The standard InChI is InChI=1S/C13H18FN5O/c1-7(2)20-12-5-11(10(15)4-9(12)14)18-8(3)13-16-6-17-19-13/h4-8,18H,15H2,1-3H3,(H,16,17,19). The van der Waals surface area contributed by atoms with E-state index in [-0.39, 0.29) is 17.9 Å². The highest BCUT2D eigenvalue weighted by Crippen LogP contribution is 2.30. The first-order valence-corrected chi connectivity index (χ1v) is 6.35. The normalized spacial score (nSPS) is 12.4. The van der Waals surface area contributed by atoms with Gasteiger partial charge in [0.15, 0.2) is 11.6 Å². The van der Waals surface area contributed by atoms with Gasteiger partial charge in [0.05, 0.1) is 23.5 Å². The molecular weight excluding hydrogens is 261 g/mol. The zero-order valence-corrected chi connectivity index (χ0v) is 11.6. The molecule has 0 aliphatic heterocycles. The van der Waals surface area contributed by atoms with Crippen LogP contribution in [0.25, 0.3) is 0 Å². The molecule has 4 N–H and O–H groups in total. The van der Waals surface area contributed by atoms with Crippen LogP contribution in [0.3, 0.4) is 0 Å². The van der Waals surface area contributed by atoms with Crippen LogP contribution in [0.15, 0.2) is 18.5 Å². The lowest BCUT2D eigenvalue weighted by atomic mass is 10.2. The molecule has 1 atom stereocenters. The molecule has 0 saturated heterocycles. The highest BCUT2D eigenvalue weighted by molar-refractivity contribution is 5.69. The quantitative estimate of drug-likeness (QED) is 0.732. The van der Waals surface area contributed by atoms with Gasteiger partial charge in [0.1, 0.15) is 12.2 Å². The molecule has 20 heavy (non-hydrogen) atoms. The van der Waals surface area contributed by atoms with Crippen LogP contribution in [0.4, 0.5) is 15.8 Å². The minimum Gasteiger partial charge on any atom is -0.488 e. The fraction of sp³-hybridized carbons (Fsp3) is 0.385. The van der Waals surface area contributed by atoms with Gasteiger partial charge in [-0.3, -0.25) is 5.10 Å². The Kier molecular flexibility index (Phi) is 4.07. The Morgan fingerprint density at radius 1 is 1.35 bits per heavy atom. The monoisotopic (exact) mass is 279 g/mol. The van der Waals surface area contributed by atoms with Crippen molar-refractivity contribution in [3.8, 4) is 5.75 Å². The minimum atomic E-state index is -0.478. The molecular formula is C13H18FN5O. The molecule has 108 valence electrons. The van der Waals surface area contributed by atoms with Crippen LogP contribution in [0, 0.1) is 5.82 Å². The number of hydrogen-bond donors (Lipinski definition) is 3. The number of nitrogens with one attached hydrogen (secondary N) is 2. The first kappa shape index (κ1) is 14.1. The molecule has 1 unspecified atom stereocenters. The lowest BCUT2D eigenvalue weighted by Crippen LogP contribution is -2.12. The van der Waals surface area contributed by atoms with E-state index in [0.29, 0.717) is 17.2 Å². The summed E-state index contributed by atoms with van der Waals surface area (Å²) in [5.74, 6) is 0.357. The molecule has 0 spiro atoms. The third-order valence-corrected chi connectivity index (χ3v) is 2.68. The van der Waals surface area contributed by atoms with Crippen molar-refractivity contribution in [1.82, 2.24) is 15.2 Å². The van der Waals surface area contributed by atoms with Crippen molar-refractivity contribution >= 4 is 11.4 Å². The van der Waals surface area contributed by atoms with Gasteiger partial charge >= 0.3 is 0 Å². The lowest BCUT2D eigenvalue weighted by Gasteiger charge is -2.17. The summed E-state index contributed by atoms with van der Waals surface area (Å²) < 4.78 is 19.1. The molecule has 2 rings (SSSR count). The minimum absolute atomic E-state index is 0.118. The largest absolute Gasteiger partial charge is 0.488 e. The third kappa shape index (κ3) is 3.17. The van der Waals surface area contributed by atoms with Crippen molar-refractivity contribution in [1.29, 1.82) is 0 Å². The van der Waals surface area contributed by atoms with Crippen LogP contribution in [0.2, 0.25) is 0 Å². The number of nitrogens with two attached hydrogens (primary N) is 1. The molecule has 0 bridgehead atoms. The maximum absolute atomic E-state index is 13.7. The predicted octanol–water partition coefficient (Wildman–Crippen LogP) is 2.49. The first-order valence-electron chi connectivity index (χ1n) is 6.35. The molecule has 0 aliphatic rings. The van der Waals surface area contributed by atoms with Crippen molar-refractivity contribution in [2.24, 2.45) is 0 Å². The maximum Gasteiger partial charge on any atom is 0.167 e. The summed E-state index contributed by atoms with van der Waals surface area (Å²) in [5, 5.41) is 9.70. The Bertz CT molecular complexity index is 570. The Hall–Kier alpha value is -2.31. The average molecular weight is 279 g/mol. The molecule has 1 aromatic heterocycles. The van der Waals surface area contributed by atoms with Crippen LogP contribution >= 0.6 is 0 Å². The van der Waals surface area contributed by atoms with Crippen LogP contribution in [0.5, 0.6) is 5.75 Å². The summed E-state index contributed by atoms with van der Waals surface area (Å²) in [5.41, 5.74) is 6.72. The van der Waals surface area contributed by atoms with Crippen LogP contribution in [-0.4, -0.2) is 21.3 Å². The zero-order chi connectivity index (χ0) is 14.7. The summed E-state index contributed by atoms with van der Waals surface area (Å²) in [4.78, 5) is 4.06. The average Bonchev–Trinajstić information content (AvgIpc) is 2.88. The molecule has 0 amide bonds. The van der Waals surface area contributed by atoms with E-state index in [1.807, 2.05) is 20.8 Å². The number of ether oxygens (including phenoxy) is 1. The summed E-state index contributed by atoms with van der Waals surface area (Å²) in [7, 11) is 0. The molecule has 1 aromatic carbocycles. The second-order valence-corrected chi connectivity index (χ2v) is 4.77. The van der Waals surface area contributed by atoms with Gasteiger partial charge in [0, 0.05) is 12.1 Å². The fourth-order valence-electron chi connectivity index (χ4n) is 1.76. The maximum atomic E-state index is 13.7. The number of anilines is 2. The van der Waals surface area contributed by atoms with Crippen molar-refractivity contribution < 1.29 is 9.13 Å². The second kappa shape index (κ2) is 5.77. The SMILES string of the molecule is CC(C)Oc1cc(NC(C)c2ncn[nH]2)c(N)cc1F. The molecule has 0 saturated carbocycles. The number of benzene rings is 1. The smallest absolute Gasteiger partial charge is 0.167 e. The number of aromatic amines is 1. The fourth-order valence-corrected chi connectivity index (χ4v) is 1.76. The van der Waals surface area contributed by atoms with E-state index >= 15 is 0 Å². The van der Waals surface area contributed by atoms with Gasteiger partial charge in [0.25, 0.3) is 0 Å². The van der Waals surface area contributed by atoms with E-state index in [4.69, 9.17) is 10.5 Å². The number of nitrogen functional groups attached to an aromatic ring is 1. The number of rotatable bonds is 5. The van der Waals surface area contributed by atoms with Crippen molar-refractivity contribution in [3.63, 3.8) is 0 Å². The zero-order valence-electron chi connectivity index (χ0n) is 11.6. The van der Waals surface area contributed by atoms with Crippen LogP contribution < -0.4 is 15.8 Å². The van der Waals surface area contributed by atoms with Gasteiger partial charge in [-0.25, -0.2) is 9.37 Å². The molecule has 1 heterocycles. The highest BCUT2D eigenvalue weighted by Gasteiger charge is 2.14. The Balaban J connectivity index is 2.22. The molecule has 0 aliphatic carbocycles. The molecule has 2 aromatic rings. The summed E-state index contributed by atoms with van der Waals surface area (Å²) in [6, 6.07) is 2.65. The number of hydrogen-bond acceptors (Lipinski definition) is 5. The highest BCUT2D eigenvalue weighted by atomic mass is 19.1. The molecule has 6 nitrogen and oxygen atoms in total. The second-order valence-electron chi connectivity index (χ2n) is 4.77. The summed E-state index contributed by atoms with van der Waals surface area (Å²) in [6.45, 7) is 5.56. The van der Waals surface area contributed by atoms with Crippen molar-refractivity contribution in [2.75, 3.05) is 11.1 Å². The van der Waals surface area contributed by atoms with Crippen molar-refractivity contribution in [3.05, 3.63) is 30.1 Å².